The van der Waals surface area contributed by atoms with Gasteiger partial charge in [0, 0.05) is 29.9 Å². The number of thioether (sulfide) groups is 1. The van der Waals surface area contributed by atoms with Crippen LogP contribution in [0.25, 0.3) is 0 Å². The summed E-state index contributed by atoms with van der Waals surface area (Å²) in [5, 5.41) is 3.49. The van der Waals surface area contributed by atoms with Crippen LogP contribution in [0.3, 0.4) is 0 Å². The Morgan fingerprint density at radius 3 is 2.68 bits per heavy atom. The number of hydrogen-bond acceptors (Lipinski definition) is 4. The van der Waals surface area contributed by atoms with E-state index in [9.17, 15) is 13.6 Å². The van der Waals surface area contributed by atoms with Gasteiger partial charge < -0.3 is 14.8 Å². The van der Waals surface area contributed by atoms with Crippen molar-refractivity contribution in [1.82, 2.24) is 0 Å². The highest BCUT2D eigenvalue weighted by Crippen LogP contribution is 2.26. The predicted molar refractivity (Wildman–Crippen MR) is 107 cm³/mol. The van der Waals surface area contributed by atoms with E-state index < -0.39 is 6.61 Å². The zero-order valence-electron chi connectivity index (χ0n) is 15.4. The highest BCUT2D eigenvalue weighted by Gasteiger charge is 2.14. The second-order valence-corrected chi connectivity index (χ2v) is 7.86. The first-order chi connectivity index (χ1) is 13.6. The van der Waals surface area contributed by atoms with E-state index in [1.165, 1.54) is 12.1 Å². The van der Waals surface area contributed by atoms with Crippen LogP contribution in [0.1, 0.15) is 24.0 Å². The second-order valence-electron chi connectivity index (χ2n) is 6.57. The second kappa shape index (κ2) is 10.4. The molecule has 1 saturated heterocycles. The van der Waals surface area contributed by atoms with Gasteiger partial charge in [0.05, 0.1) is 6.42 Å². The van der Waals surface area contributed by atoms with Crippen LogP contribution in [0, 0.1) is 0 Å². The number of nitrogens with one attached hydrogen (secondary N) is 1. The highest BCUT2D eigenvalue weighted by molar-refractivity contribution is 7.99. The number of halogens is 2. The average Bonchev–Trinajstić information content (AvgIpc) is 2.67. The molecule has 150 valence electrons. The maximum atomic E-state index is 12.3. The van der Waals surface area contributed by atoms with E-state index >= 15 is 0 Å². The minimum absolute atomic E-state index is 0.0486. The standard InChI is InChI=1S/C21H23F2NO3S/c22-21(23)27-18-6-2-3-15(12-18)13-20(25)24-17-5-1-4-16(11-17)14-28-19-7-9-26-10-8-19/h1-6,11-12,19,21H,7-10,13-14H2,(H,24,25). The first kappa shape index (κ1) is 20.6. The zero-order chi connectivity index (χ0) is 19.8. The number of anilines is 1. The van der Waals surface area contributed by atoms with E-state index in [-0.39, 0.29) is 18.1 Å². The molecule has 0 bridgehead atoms. The Morgan fingerprint density at radius 1 is 1.14 bits per heavy atom. The van der Waals surface area contributed by atoms with E-state index in [1.807, 2.05) is 36.0 Å². The van der Waals surface area contributed by atoms with Crippen LogP contribution in [0.2, 0.25) is 0 Å². The van der Waals surface area contributed by atoms with E-state index in [0.29, 0.717) is 10.8 Å². The monoisotopic (exact) mass is 407 g/mol. The molecule has 0 spiro atoms. The molecule has 0 radical (unpaired) electrons. The van der Waals surface area contributed by atoms with E-state index in [0.717, 1.165) is 43.1 Å². The molecule has 1 fully saturated rings. The van der Waals surface area contributed by atoms with E-state index in [1.54, 1.807) is 12.1 Å². The lowest BCUT2D eigenvalue weighted by atomic mass is 10.1. The molecular weight excluding hydrogens is 384 g/mol. The minimum atomic E-state index is -2.88. The molecule has 0 aliphatic carbocycles. The van der Waals surface area contributed by atoms with Crippen molar-refractivity contribution < 1.29 is 23.0 Å². The molecule has 0 unspecified atom stereocenters. The van der Waals surface area contributed by atoms with Gasteiger partial charge in [-0.1, -0.05) is 24.3 Å². The van der Waals surface area contributed by atoms with Gasteiger partial charge in [-0.3, -0.25) is 4.79 Å². The number of benzene rings is 2. The van der Waals surface area contributed by atoms with Crippen molar-refractivity contribution >= 4 is 23.4 Å². The maximum Gasteiger partial charge on any atom is 0.387 e. The fourth-order valence-corrected chi connectivity index (χ4v) is 4.15. The van der Waals surface area contributed by atoms with Gasteiger partial charge in [-0.2, -0.15) is 20.5 Å². The van der Waals surface area contributed by atoms with Crippen molar-refractivity contribution in [3.63, 3.8) is 0 Å². The largest absolute Gasteiger partial charge is 0.435 e. The van der Waals surface area contributed by atoms with Gasteiger partial charge in [0.25, 0.3) is 0 Å². The smallest absolute Gasteiger partial charge is 0.387 e. The Balaban J connectivity index is 1.52. The summed E-state index contributed by atoms with van der Waals surface area (Å²) in [6, 6.07) is 14.0. The molecule has 7 heteroatoms. The Morgan fingerprint density at radius 2 is 1.89 bits per heavy atom. The number of rotatable bonds is 8. The molecule has 3 rings (SSSR count). The Bertz CT molecular complexity index is 782. The number of hydrogen-bond donors (Lipinski definition) is 1. The molecular formula is C21H23F2NO3S. The molecule has 1 N–H and O–H groups in total. The molecule has 0 aromatic heterocycles. The summed E-state index contributed by atoms with van der Waals surface area (Å²) in [6.07, 6.45) is 2.24. The quantitative estimate of drug-likeness (QED) is 0.677. The van der Waals surface area contributed by atoms with Gasteiger partial charge in [-0.25, -0.2) is 0 Å². The van der Waals surface area contributed by atoms with Crippen LogP contribution in [0.4, 0.5) is 14.5 Å². The zero-order valence-corrected chi connectivity index (χ0v) is 16.2. The van der Waals surface area contributed by atoms with Crippen molar-refractivity contribution in [2.75, 3.05) is 18.5 Å². The molecule has 1 amide bonds. The Kier molecular flexibility index (Phi) is 7.68. The lowest BCUT2D eigenvalue weighted by Crippen LogP contribution is -2.17. The summed E-state index contributed by atoms with van der Waals surface area (Å²) in [5.74, 6) is 0.734. The van der Waals surface area contributed by atoms with Crippen molar-refractivity contribution in [1.29, 1.82) is 0 Å². The van der Waals surface area contributed by atoms with Crippen LogP contribution in [-0.2, 0) is 21.7 Å². The van der Waals surface area contributed by atoms with Gasteiger partial charge in [0.1, 0.15) is 5.75 Å². The van der Waals surface area contributed by atoms with Gasteiger partial charge in [-0.05, 0) is 48.2 Å². The fourth-order valence-electron chi connectivity index (χ4n) is 3.02. The van der Waals surface area contributed by atoms with E-state index in [4.69, 9.17) is 4.74 Å². The summed E-state index contributed by atoms with van der Waals surface area (Å²) in [5.41, 5.74) is 2.50. The fraction of sp³-hybridized carbons (Fsp3) is 0.381. The molecule has 28 heavy (non-hydrogen) atoms. The molecule has 2 aromatic rings. The molecule has 0 atom stereocenters. The lowest BCUT2D eigenvalue weighted by Gasteiger charge is -2.21. The number of alkyl halides is 2. The lowest BCUT2D eigenvalue weighted by molar-refractivity contribution is -0.115. The Labute approximate surface area is 167 Å². The SMILES string of the molecule is O=C(Cc1cccc(OC(F)F)c1)Nc1cccc(CSC2CCOCC2)c1. The van der Waals surface area contributed by atoms with Gasteiger partial charge in [0.15, 0.2) is 0 Å². The maximum absolute atomic E-state index is 12.3. The van der Waals surface area contributed by atoms with Crippen LogP contribution in [0.5, 0.6) is 5.75 Å². The summed E-state index contributed by atoms with van der Waals surface area (Å²) in [4.78, 5) is 12.3. The van der Waals surface area contributed by atoms with Crippen LogP contribution in [-0.4, -0.2) is 31.0 Å². The first-order valence-electron chi connectivity index (χ1n) is 9.20. The van der Waals surface area contributed by atoms with Gasteiger partial charge >= 0.3 is 6.61 Å². The summed E-state index contributed by atoms with van der Waals surface area (Å²) in [6.45, 7) is -1.22. The van der Waals surface area contributed by atoms with Crippen molar-refractivity contribution in [3.8, 4) is 5.75 Å². The molecule has 4 nitrogen and oxygen atoms in total. The van der Waals surface area contributed by atoms with E-state index in [2.05, 4.69) is 10.1 Å². The molecule has 1 aliphatic rings. The minimum Gasteiger partial charge on any atom is -0.435 e. The molecule has 0 saturated carbocycles. The van der Waals surface area contributed by atoms with Gasteiger partial charge in [0.2, 0.25) is 5.91 Å². The number of ether oxygens (including phenoxy) is 2. The summed E-state index contributed by atoms with van der Waals surface area (Å²) >= 11 is 1.92. The average molecular weight is 407 g/mol. The summed E-state index contributed by atoms with van der Waals surface area (Å²) in [7, 11) is 0. The van der Waals surface area contributed by atoms with Crippen LogP contribution < -0.4 is 10.1 Å². The Hall–Kier alpha value is -2.12. The van der Waals surface area contributed by atoms with Crippen LogP contribution in [0.15, 0.2) is 48.5 Å². The van der Waals surface area contributed by atoms with Crippen molar-refractivity contribution in [3.05, 3.63) is 59.7 Å². The van der Waals surface area contributed by atoms with Gasteiger partial charge in [-0.15, -0.1) is 0 Å². The molecule has 2 aromatic carbocycles. The van der Waals surface area contributed by atoms with Crippen LogP contribution >= 0.6 is 11.8 Å². The molecule has 1 heterocycles. The third-order valence-corrected chi connectivity index (χ3v) is 5.80. The highest BCUT2D eigenvalue weighted by atomic mass is 32.2. The first-order valence-corrected chi connectivity index (χ1v) is 10.3. The topological polar surface area (TPSA) is 47.6 Å². The number of amides is 1. The number of carbonyl (C=O) groups excluding carboxylic acids is 1. The normalized spacial score (nSPS) is 14.8. The predicted octanol–water partition coefficient (Wildman–Crippen LogP) is 4.88. The third-order valence-electron chi connectivity index (χ3n) is 4.35. The van der Waals surface area contributed by atoms with Crippen molar-refractivity contribution in [2.24, 2.45) is 0 Å². The van der Waals surface area contributed by atoms with Crippen molar-refractivity contribution in [2.45, 2.75) is 36.9 Å². The third kappa shape index (κ3) is 6.80. The number of carbonyl (C=O) groups is 1. The molecule has 1 aliphatic heterocycles. The summed E-state index contributed by atoms with van der Waals surface area (Å²) < 4.78 is 34.4.